The predicted octanol–water partition coefficient (Wildman–Crippen LogP) is 1.67. The third-order valence-corrected chi connectivity index (χ3v) is 2.86. The summed E-state index contributed by atoms with van der Waals surface area (Å²) in [5.41, 5.74) is -0.555. The summed E-state index contributed by atoms with van der Waals surface area (Å²) in [6.45, 7) is 3.23. The number of pyridine rings is 1. The van der Waals surface area contributed by atoms with Gasteiger partial charge in [-0.15, -0.1) is 0 Å². The summed E-state index contributed by atoms with van der Waals surface area (Å²) in [5, 5.41) is 9.19. The van der Waals surface area contributed by atoms with E-state index in [1.165, 1.54) is 6.92 Å². The summed E-state index contributed by atoms with van der Waals surface area (Å²) >= 11 is 0. The molecule has 0 fully saturated rings. The average molecular weight is 251 g/mol. The fourth-order valence-corrected chi connectivity index (χ4v) is 1.53. The Morgan fingerprint density at radius 1 is 1.39 bits per heavy atom. The molecule has 1 aromatic rings. The van der Waals surface area contributed by atoms with Crippen LogP contribution in [0.2, 0.25) is 0 Å². The molecule has 0 saturated heterocycles. The van der Waals surface area contributed by atoms with Gasteiger partial charge in [0, 0.05) is 12.4 Å². The minimum atomic E-state index is -1.50. The molecule has 0 radical (unpaired) electrons. The van der Waals surface area contributed by atoms with Gasteiger partial charge in [-0.05, 0) is 44.4 Å². The van der Waals surface area contributed by atoms with Crippen molar-refractivity contribution in [2.45, 2.75) is 26.7 Å². The molecule has 98 valence electrons. The average Bonchev–Trinajstić information content (AvgIpc) is 2.37. The SMILES string of the molecule is CCOC(=O)C(C)(CCc1ccncc1)C(=O)O. The minimum Gasteiger partial charge on any atom is -0.480 e. The van der Waals surface area contributed by atoms with Crippen LogP contribution in [0.25, 0.3) is 0 Å². The van der Waals surface area contributed by atoms with E-state index < -0.39 is 17.4 Å². The van der Waals surface area contributed by atoms with Gasteiger partial charge in [-0.1, -0.05) is 0 Å². The van der Waals surface area contributed by atoms with Crippen molar-refractivity contribution in [2.75, 3.05) is 6.61 Å². The zero-order valence-corrected chi connectivity index (χ0v) is 10.5. The van der Waals surface area contributed by atoms with E-state index in [1.807, 2.05) is 0 Å². The molecule has 1 N–H and O–H groups in total. The smallest absolute Gasteiger partial charge is 0.323 e. The summed E-state index contributed by atoms with van der Waals surface area (Å²) in [6, 6.07) is 3.60. The maximum atomic E-state index is 11.7. The second-order valence-corrected chi connectivity index (χ2v) is 4.21. The number of hydrogen-bond acceptors (Lipinski definition) is 4. The van der Waals surface area contributed by atoms with Crippen molar-refractivity contribution in [3.05, 3.63) is 30.1 Å². The van der Waals surface area contributed by atoms with Crippen molar-refractivity contribution in [1.29, 1.82) is 0 Å². The highest BCUT2D eigenvalue weighted by Gasteiger charge is 2.42. The number of rotatable bonds is 6. The Balaban J connectivity index is 2.75. The lowest BCUT2D eigenvalue weighted by atomic mass is 9.84. The highest BCUT2D eigenvalue weighted by molar-refractivity contribution is 5.98. The van der Waals surface area contributed by atoms with Crippen molar-refractivity contribution in [2.24, 2.45) is 5.41 Å². The van der Waals surface area contributed by atoms with Crippen molar-refractivity contribution < 1.29 is 19.4 Å². The van der Waals surface area contributed by atoms with Crippen LogP contribution in [-0.4, -0.2) is 28.6 Å². The fraction of sp³-hybridized carbons (Fsp3) is 0.462. The number of ether oxygens (including phenoxy) is 1. The lowest BCUT2D eigenvalue weighted by Crippen LogP contribution is -2.38. The van der Waals surface area contributed by atoms with Crippen LogP contribution in [0.5, 0.6) is 0 Å². The number of carboxylic acid groups (broad SMARTS) is 1. The zero-order valence-electron chi connectivity index (χ0n) is 10.5. The van der Waals surface area contributed by atoms with Crippen LogP contribution in [-0.2, 0) is 20.7 Å². The Kier molecular flexibility index (Phi) is 4.83. The molecule has 0 aromatic carbocycles. The summed E-state index contributed by atoms with van der Waals surface area (Å²) in [6.07, 6.45) is 3.96. The van der Waals surface area contributed by atoms with Crippen LogP contribution >= 0.6 is 0 Å². The molecule has 0 saturated carbocycles. The summed E-state index contributed by atoms with van der Waals surface area (Å²) in [5.74, 6) is -1.85. The Morgan fingerprint density at radius 2 is 2.00 bits per heavy atom. The molecule has 0 aliphatic carbocycles. The van der Waals surface area contributed by atoms with E-state index in [1.54, 1.807) is 31.5 Å². The van der Waals surface area contributed by atoms with Gasteiger partial charge in [0.1, 0.15) is 0 Å². The van der Waals surface area contributed by atoms with Crippen LogP contribution in [0.3, 0.4) is 0 Å². The van der Waals surface area contributed by atoms with Gasteiger partial charge >= 0.3 is 11.9 Å². The lowest BCUT2D eigenvalue weighted by Gasteiger charge is -2.22. The Hall–Kier alpha value is -1.91. The number of carbonyl (C=O) groups is 2. The molecule has 1 rings (SSSR count). The van der Waals surface area contributed by atoms with E-state index in [4.69, 9.17) is 4.74 Å². The number of aryl methyl sites for hydroxylation is 1. The van der Waals surface area contributed by atoms with E-state index in [2.05, 4.69) is 4.98 Å². The van der Waals surface area contributed by atoms with E-state index in [0.29, 0.717) is 6.42 Å². The van der Waals surface area contributed by atoms with Crippen molar-refractivity contribution in [1.82, 2.24) is 4.98 Å². The van der Waals surface area contributed by atoms with Gasteiger partial charge in [0.05, 0.1) is 6.61 Å². The van der Waals surface area contributed by atoms with Gasteiger partial charge < -0.3 is 9.84 Å². The first-order valence-electron chi connectivity index (χ1n) is 5.80. The van der Waals surface area contributed by atoms with Gasteiger partial charge in [0.2, 0.25) is 0 Å². The third-order valence-electron chi connectivity index (χ3n) is 2.86. The molecule has 5 heteroatoms. The molecule has 5 nitrogen and oxygen atoms in total. The number of hydrogen-bond donors (Lipinski definition) is 1. The van der Waals surface area contributed by atoms with E-state index in [9.17, 15) is 14.7 Å². The van der Waals surface area contributed by atoms with Gasteiger partial charge in [0.25, 0.3) is 0 Å². The van der Waals surface area contributed by atoms with Crippen LogP contribution in [0.4, 0.5) is 0 Å². The molecule has 0 bridgehead atoms. The number of aliphatic carboxylic acids is 1. The molecule has 18 heavy (non-hydrogen) atoms. The summed E-state index contributed by atoms with van der Waals surface area (Å²) < 4.78 is 4.82. The lowest BCUT2D eigenvalue weighted by molar-refractivity contribution is -0.167. The van der Waals surface area contributed by atoms with Gasteiger partial charge in [-0.2, -0.15) is 0 Å². The number of aromatic nitrogens is 1. The maximum absolute atomic E-state index is 11.7. The minimum absolute atomic E-state index is 0.178. The number of esters is 1. The van der Waals surface area contributed by atoms with Crippen LogP contribution in [0, 0.1) is 5.41 Å². The zero-order chi connectivity index (χ0) is 13.6. The predicted molar refractivity (Wildman–Crippen MR) is 64.9 cm³/mol. The highest BCUT2D eigenvalue weighted by atomic mass is 16.5. The molecule has 1 heterocycles. The van der Waals surface area contributed by atoms with Crippen molar-refractivity contribution in [3.63, 3.8) is 0 Å². The Labute approximate surface area is 106 Å². The fourth-order valence-electron chi connectivity index (χ4n) is 1.53. The summed E-state index contributed by atoms with van der Waals surface area (Å²) in [7, 11) is 0. The molecular formula is C13H17NO4. The van der Waals surface area contributed by atoms with Crippen LogP contribution < -0.4 is 0 Å². The molecule has 0 aliphatic heterocycles. The highest BCUT2D eigenvalue weighted by Crippen LogP contribution is 2.26. The number of nitrogens with zero attached hydrogens (tertiary/aromatic N) is 1. The van der Waals surface area contributed by atoms with Gasteiger partial charge in [0.15, 0.2) is 5.41 Å². The monoisotopic (exact) mass is 251 g/mol. The molecular weight excluding hydrogens is 234 g/mol. The van der Waals surface area contributed by atoms with E-state index in [0.717, 1.165) is 5.56 Å². The van der Waals surface area contributed by atoms with Gasteiger partial charge in [-0.3, -0.25) is 14.6 Å². The first-order valence-corrected chi connectivity index (χ1v) is 5.80. The molecule has 1 atom stereocenters. The molecule has 0 aliphatic rings. The standard InChI is InChI=1S/C13H17NO4/c1-3-18-12(17)13(2,11(15)16)7-4-10-5-8-14-9-6-10/h5-6,8-9H,3-4,7H2,1-2H3,(H,15,16). The normalized spacial score (nSPS) is 13.7. The van der Waals surface area contributed by atoms with Crippen LogP contribution in [0.15, 0.2) is 24.5 Å². The maximum Gasteiger partial charge on any atom is 0.323 e. The first kappa shape index (κ1) is 14.2. The van der Waals surface area contributed by atoms with E-state index >= 15 is 0 Å². The third kappa shape index (κ3) is 3.29. The quantitative estimate of drug-likeness (QED) is 0.614. The molecule has 0 amide bonds. The topological polar surface area (TPSA) is 76.5 Å². The van der Waals surface area contributed by atoms with Gasteiger partial charge in [-0.25, -0.2) is 0 Å². The van der Waals surface area contributed by atoms with Crippen molar-refractivity contribution >= 4 is 11.9 Å². The first-order chi connectivity index (χ1) is 8.50. The second-order valence-electron chi connectivity index (χ2n) is 4.21. The van der Waals surface area contributed by atoms with Crippen LogP contribution in [0.1, 0.15) is 25.8 Å². The molecule has 1 aromatic heterocycles. The number of carbonyl (C=O) groups excluding carboxylic acids is 1. The molecule has 0 spiro atoms. The van der Waals surface area contributed by atoms with E-state index in [-0.39, 0.29) is 13.0 Å². The van der Waals surface area contributed by atoms with Crippen molar-refractivity contribution in [3.8, 4) is 0 Å². The number of carboxylic acids is 1. The second kappa shape index (κ2) is 6.14. The largest absolute Gasteiger partial charge is 0.480 e. The molecule has 1 unspecified atom stereocenters. The summed E-state index contributed by atoms with van der Waals surface area (Å²) in [4.78, 5) is 26.8. The Morgan fingerprint density at radius 3 is 2.50 bits per heavy atom. The Bertz CT molecular complexity index is 418.